The summed E-state index contributed by atoms with van der Waals surface area (Å²) in [5.74, 6) is -1.00. The van der Waals surface area contributed by atoms with Gasteiger partial charge < -0.3 is 15.2 Å². The lowest BCUT2D eigenvalue weighted by atomic mass is 10.1. The third-order valence-corrected chi connectivity index (χ3v) is 3.31. The van der Waals surface area contributed by atoms with E-state index in [4.69, 9.17) is 9.84 Å². The topological polar surface area (TPSA) is 88.5 Å². The van der Waals surface area contributed by atoms with E-state index in [1.165, 1.54) is 11.3 Å². The van der Waals surface area contributed by atoms with Crippen molar-refractivity contribution in [3.05, 3.63) is 16.1 Å². The number of carbonyl (C=O) groups excluding carboxylic acids is 1. The van der Waals surface area contributed by atoms with E-state index in [1.807, 2.05) is 6.92 Å². The van der Waals surface area contributed by atoms with Gasteiger partial charge in [0.15, 0.2) is 0 Å². The molecule has 0 unspecified atom stereocenters. The number of nitrogens with zero attached hydrogens (tertiary/aromatic N) is 1. The predicted molar refractivity (Wildman–Crippen MR) is 75.9 cm³/mol. The first-order chi connectivity index (χ1) is 9.21. The number of thiazole rings is 1. The standard InChI is InChI=1S/C13H20N2O4S/c1-5-10-14-9(7-20-10)8(6-11(16)17)15-12(18)19-13(2,3)4/h7-8H,5-6H2,1-4H3,(H,15,18)(H,16,17)/t8-/m1/s1. The van der Waals surface area contributed by atoms with Gasteiger partial charge >= 0.3 is 12.1 Å². The number of alkyl carbamates (subject to hydrolysis) is 1. The average Bonchev–Trinajstić information content (AvgIpc) is 2.73. The van der Waals surface area contributed by atoms with Crippen LogP contribution >= 0.6 is 11.3 Å². The van der Waals surface area contributed by atoms with Gasteiger partial charge in [-0.25, -0.2) is 9.78 Å². The van der Waals surface area contributed by atoms with E-state index in [-0.39, 0.29) is 6.42 Å². The Morgan fingerprint density at radius 3 is 2.60 bits per heavy atom. The minimum atomic E-state index is -1.00. The number of amides is 1. The second-order valence-corrected chi connectivity index (χ2v) is 6.26. The molecule has 20 heavy (non-hydrogen) atoms. The molecule has 7 heteroatoms. The van der Waals surface area contributed by atoms with Crippen molar-refractivity contribution < 1.29 is 19.4 Å². The van der Waals surface area contributed by atoms with E-state index in [0.717, 1.165) is 11.4 Å². The number of carboxylic acid groups (broad SMARTS) is 1. The van der Waals surface area contributed by atoms with E-state index in [9.17, 15) is 9.59 Å². The molecule has 0 saturated carbocycles. The van der Waals surface area contributed by atoms with E-state index >= 15 is 0 Å². The number of aromatic nitrogens is 1. The quantitative estimate of drug-likeness (QED) is 0.873. The summed E-state index contributed by atoms with van der Waals surface area (Å²) in [6.07, 6.45) is -0.0990. The van der Waals surface area contributed by atoms with Crippen LogP contribution in [0.4, 0.5) is 4.79 Å². The number of carbonyl (C=O) groups is 2. The average molecular weight is 300 g/mol. The molecule has 1 rings (SSSR count). The van der Waals surface area contributed by atoms with Gasteiger partial charge in [0.05, 0.1) is 23.2 Å². The largest absolute Gasteiger partial charge is 0.481 e. The molecular weight excluding hydrogens is 280 g/mol. The molecule has 1 heterocycles. The molecule has 1 aromatic rings. The van der Waals surface area contributed by atoms with Crippen LogP contribution in [0.5, 0.6) is 0 Å². The number of hydrogen-bond acceptors (Lipinski definition) is 5. The number of ether oxygens (including phenoxy) is 1. The number of rotatable bonds is 5. The van der Waals surface area contributed by atoms with Crippen molar-refractivity contribution in [2.24, 2.45) is 0 Å². The molecule has 1 aromatic heterocycles. The van der Waals surface area contributed by atoms with Gasteiger partial charge in [-0.05, 0) is 27.2 Å². The maximum atomic E-state index is 11.7. The Balaban J connectivity index is 2.79. The van der Waals surface area contributed by atoms with Crippen molar-refractivity contribution in [2.45, 2.75) is 52.2 Å². The highest BCUT2D eigenvalue weighted by Gasteiger charge is 2.24. The minimum absolute atomic E-state index is 0.230. The highest BCUT2D eigenvalue weighted by Crippen LogP contribution is 2.21. The van der Waals surface area contributed by atoms with Crippen LogP contribution in [0.1, 0.15) is 50.9 Å². The number of nitrogens with one attached hydrogen (secondary N) is 1. The zero-order chi connectivity index (χ0) is 15.3. The number of carboxylic acids is 1. The van der Waals surface area contributed by atoms with Crippen molar-refractivity contribution in [1.29, 1.82) is 0 Å². The van der Waals surface area contributed by atoms with Crippen molar-refractivity contribution in [3.8, 4) is 0 Å². The Labute approximate surface area is 122 Å². The normalized spacial score (nSPS) is 12.8. The van der Waals surface area contributed by atoms with Crippen LogP contribution in [0, 0.1) is 0 Å². The SMILES string of the molecule is CCc1nc([C@@H](CC(=O)O)NC(=O)OC(C)(C)C)cs1. The van der Waals surface area contributed by atoms with Crippen molar-refractivity contribution >= 4 is 23.4 Å². The van der Waals surface area contributed by atoms with Gasteiger partial charge in [0.2, 0.25) is 0 Å². The van der Waals surface area contributed by atoms with Gasteiger partial charge in [0, 0.05) is 5.38 Å². The van der Waals surface area contributed by atoms with Crippen LogP contribution in [0.2, 0.25) is 0 Å². The second-order valence-electron chi connectivity index (χ2n) is 5.32. The Kier molecular flexibility index (Phi) is 5.50. The molecule has 0 spiro atoms. The lowest BCUT2D eigenvalue weighted by Gasteiger charge is -2.22. The van der Waals surface area contributed by atoms with Crippen LogP contribution in [-0.4, -0.2) is 27.8 Å². The number of aliphatic carboxylic acids is 1. The van der Waals surface area contributed by atoms with Gasteiger partial charge in [0.1, 0.15) is 5.60 Å². The van der Waals surface area contributed by atoms with Crippen molar-refractivity contribution in [1.82, 2.24) is 10.3 Å². The van der Waals surface area contributed by atoms with Crippen molar-refractivity contribution in [3.63, 3.8) is 0 Å². The molecule has 0 aliphatic carbocycles. The third-order valence-electron chi connectivity index (χ3n) is 2.30. The zero-order valence-corrected chi connectivity index (χ0v) is 12.9. The maximum Gasteiger partial charge on any atom is 0.408 e. The molecule has 0 aliphatic heterocycles. The fourth-order valence-corrected chi connectivity index (χ4v) is 2.30. The van der Waals surface area contributed by atoms with Gasteiger partial charge in [-0.1, -0.05) is 6.92 Å². The summed E-state index contributed by atoms with van der Waals surface area (Å²) in [6.45, 7) is 7.21. The zero-order valence-electron chi connectivity index (χ0n) is 12.1. The summed E-state index contributed by atoms with van der Waals surface area (Å²) >= 11 is 1.45. The van der Waals surface area contributed by atoms with Gasteiger partial charge in [0.25, 0.3) is 0 Å². The molecule has 112 valence electrons. The molecule has 0 aliphatic rings. The Hall–Kier alpha value is -1.63. The summed E-state index contributed by atoms with van der Waals surface area (Å²) in [5, 5.41) is 14.2. The Morgan fingerprint density at radius 1 is 1.50 bits per heavy atom. The molecule has 2 N–H and O–H groups in total. The van der Waals surface area contributed by atoms with Crippen LogP contribution in [0.15, 0.2) is 5.38 Å². The van der Waals surface area contributed by atoms with Crippen LogP contribution in [-0.2, 0) is 16.0 Å². The van der Waals surface area contributed by atoms with Gasteiger partial charge in [-0.2, -0.15) is 0 Å². The fourth-order valence-electron chi connectivity index (χ4n) is 1.50. The molecule has 0 saturated heterocycles. The summed E-state index contributed by atoms with van der Waals surface area (Å²) in [5.41, 5.74) is -0.0748. The first-order valence-corrected chi connectivity index (χ1v) is 7.25. The summed E-state index contributed by atoms with van der Waals surface area (Å²) in [6, 6.07) is -0.682. The molecule has 0 fully saturated rings. The third kappa shape index (κ3) is 5.56. The minimum Gasteiger partial charge on any atom is -0.481 e. The molecule has 6 nitrogen and oxygen atoms in total. The fraction of sp³-hybridized carbons (Fsp3) is 0.615. The Bertz CT molecular complexity index is 479. The summed E-state index contributed by atoms with van der Waals surface area (Å²) < 4.78 is 5.14. The van der Waals surface area contributed by atoms with E-state index in [1.54, 1.807) is 26.2 Å². The molecule has 0 aromatic carbocycles. The summed E-state index contributed by atoms with van der Waals surface area (Å²) in [7, 11) is 0. The van der Waals surface area contributed by atoms with E-state index < -0.39 is 23.7 Å². The monoisotopic (exact) mass is 300 g/mol. The number of hydrogen-bond donors (Lipinski definition) is 2. The highest BCUT2D eigenvalue weighted by molar-refractivity contribution is 7.09. The molecule has 0 radical (unpaired) electrons. The van der Waals surface area contributed by atoms with E-state index in [2.05, 4.69) is 10.3 Å². The van der Waals surface area contributed by atoms with Crippen LogP contribution in [0.25, 0.3) is 0 Å². The molecule has 0 bridgehead atoms. The first kappa shape index (κ1) is 16.4. The lowest BCUT2D eigenvalue weighted by molar-refractivity contribution is -0.137. The highest BCUT2D eigenvalue weighted by atomic mass is 32.1. The first-order valence-electron chi connectivity index (χ1n) is 6.37. The van der Waals surface area contributed by atoms with Gasteiger partial charge in [-0.3, -0.25) is 4.79 Å². The predicted octanol–water partition coefficient (Wildman–Crippen LogP) is 2.75. The second kappa shape index (κ2) is 6.69. The smallest absolute Gasteiger partial charge is 0.408 e. The van der Waals surface area contributed by atoms with Gasteiger partial charge in [-0.15, -0.1) is 11.3 Å². The van der Waals surface area contributed by atoms with Crippen LogP contribution in [0.3, 0.4) is 0 Å². The molecule has 1 atom stereocenters. The summed E-state index contributed by atoms with van der Waals surface area (Å²) in [4.78, 5) is 27.0. The lowest BCUT2D eigenvalue weighted by Crippen LogP contribution is -2.36. The van der Waals surface area contributed by atoms with Crippen molar-refractivity contribution in [2.75, 3.05) is 0 Å². The number of aryl methyl sites for hydroxylation is 1. The molecular formula is C13H20N2O4S. The van der Waals surface area contributed by atoms with Crippen LogP contribution < -0.4 is 5.32 Å². The Morgan fingerprint density at radius 2 is 2.15 bits per heavy atom. The maximum absolute atomic E-state index is 11.7. The van der Waals surface area contributed by atoms with E-state index in [0.29, 0.717) is 5.69 Å². The molecule has 1 amide bonds.